The van der Waals surface area contributed by atoms with Gasteiger partial charge in [0.05, 0.1) is 28.7 Å². The van der Waals surface area contributed by atoms with Crippen LogP contribution < -0.4 is 10.5 Å². The van der Waals surface area contributed by atoms with Gasteiger partial charge < -0.3 is 4.42 Å². The van der Waals surface area contributed by atoms with E-state index in [2.05, 4.69) is 6.07 Å². The summed E-state index contributed by atoms with van der Waals surface area (Å²) in [6.07, 6.45) is 1.30. The maximum atomic E-state index is 13.0. The van der Waals surface area contributed by atoms with Gasteiger partial charge in [-0.15, -0.1) is 0 Å². The molecule has 0 bridgehead atoms. The van der Waals surface area contributed by atoms with Gasteiger partial charge in [-0.05, 0) is 31.2 Å². The summed E-state index contributed by atoms with van der Waals surface area (Å²) >= 11 is 0. The molecule has 3 aromatic rings. The Morgan fingerprint density at radius 3 is 2.76 bits per heavy atom. The van der Waals surface area contributed by atoms with Crippen LogP contribution in [0.15, 0.2) is 64.0 Å². The number of rotatable bonds is 2. The third-order valence-corrected chi connectivity index (χ3v) is 4.43. The number of nitrogens with zero attached hydrogens (tertiary/aromatic N) is 2. The van der Waals surface area contributed by atoms with Crippen LogP contribution in [0, 0.1) is 18.3 Å². The van der Waals surface area contributed by atoms with Crippen molar-refractivity contribution in [3.05, 3.63) is 76.1 Å². The molecule has 0 spiro atoms. The highest BCUT2D eigenvalue weighted by molar-refractivity contribution is 5.77. The lowest BCUT2D eigenvalue weighted by molar-refractivity contribution is 0.118. The molecule has 4 rings (SSSR count). The average Bonchev–Trinajstić information content (AvgIpc) is 3.07. The van der Waals surface area contributed by atoms with Gasteiger partial charge in [-0.2, -0.15) is 5.26 Å². The summed E-state index contributed by atoms with van der Waals surface area (Å²) in [4.78, 5) is 18.8. The molecule has 0 N–H and O–H groups in total. The Morgan fingerprint density at radius 1 is 1.20 bits per heavy atom. The summed E-state index contributed by atoms with van der Waals surface area (Å²) in [5.41, 5.74) is 2.77. The topological polar surface area (TPSA) is 66.5 Å². The van der Waals surface area contributed by atoms with E-state index in [-0.39, 0.29) is 11.5 Å². The van der Waals surface area contributed by atoms with Gasteiger partial charge >= 0.3 is 0 Å². The van der Waals surface area contributed by atoms with E-state index in [1.54, 1.807) is 11.1 Å². The van der Waals surface area contributed by atoms with Crippen molar-refractivity contribution in [1.29, 1.82) is 5.26 Å². The Labute approximate surface area is 144 Å². The minimum absolute atomic E-state index is 0.0851. The minimum Gasteiger partial charge on any atom is -0.464 e. The van der Waals surface area contributed by atoms with E-state index in [4.69, 9.17) is 9.25 Å². The van der Waals surface area contributed by atoms with Crippen LogP contribution in [0.1, 0.15) is 23.6 Å². The molecular weight excluding hydrogens is 316 g/mol. The minimum atomic E-state index is -0.599. The first-order chi connectivity index (χ1) is 12.2. The zero-order valence-corrected chi connectivity index (χ0v) is 13.7. The molecule has 5 heteroatoms. The predicted molar refractivity (Wildman–Crippen MR) is 94.0 cm³/mol. The Kier molecular flexibility index (Phi) is 3.75. The number of para-hydroxylation sites is 1. The zero-order chi connectivity index (χ0) is 17.4. The normalized spacial score (nSPS) is 19.9. The monoisotopic (exact) mass is 332 g/mol. The Bertz CT molecular complexity index is 1020. The van der Waals surface area contributed by atoms with Crippen molar-refractivity contribution in [3.63, 3.8) is 0 Å². The lowest BCUT2D eigenvalue weighted by atomic mass is 10.0. The molecule has 0 aliphatic carbocycles. The zero-order valence-electron chi connectivity index (χ0n) is 13.7. The lowest BCUT2D eigenvalue weighted by Gasteiger charge is -2.24. The first kappa shape index (κ1) is 15.4. The van der Waals surface area contributed by atoms with Gasteiger partial charge in [-0.25, -0.2) is 5.06 Å². The summed E-state index contributed by atoms with van der Waals surface area (Å²) < 4.78 is 5.68. The van der Waals surface area contributed by atoms with Gasteiger partial charge in [0, 0.05) is 6.42 Å². The van der Waals surface area contributed by atoms with Crippen LogP contribution >= 0.6 is 0 Å². The second-order valence-corrected chi connectivity index (χ2v) is 6.16. The molecule has 124 valence electrons. The number of anilines is 1. The van der Waals surface area contributed by atoms with Crippen molar-refractivity contribution in [2.75, 3.05) is 5.06 Å². The fourth-order valence-corrected chi connectivity index (χ4v) is 3.19. The molecule has 0 amide bonds. The molecule has 0 unspecified atom stereocenters. The van der Waals surface area contributed by atoms with Crippen LogP contribution in [0.5, 0.6) is 0 Å². The number of benzene rings is 2. The molecule has 0 radical (unpaired) electrons. The van der Waals surface area contributed by atoms with Crippen LogP contribution in [-0.4, -0.2) is 6.10 Å². The second kappa shape index (κ2) is 6.08. The van der Waals surface area contributed by atoms with E-state index >= 15 is 0 Å². The summed E-state index contributed by atoms with van der Waals surface area (Å²) in [5, 5.41) is 11.5. The van der Waals surface area contributed by atoms with E-state index in [1.807, 2.05) is 49.4 Å². The molecule has 1 aliphatic rings. The number of nitriles is 1. The fourth-order valence-electron chi connectivity index (χ4n) is 3.19. The molecule has 2 aromatic carbocycles. The van der Waals surface area contributed by atoms with Crippen molar-refractivity contribution in [3.8, 4) is 6.07 Å². The highest BCUT2D eigenvalue weighted by atomic mass is 16.7. The number of hydroxylamine groups is 1. The van der Waals surface area contributed by atoms with Gasteiger partial charge in [0.25, 0.3) is 0 Å². The molecule has 1 fully saturated rings. The van der Waals surface area contributed by atoms with Crippen molar-refractivity contribution in [1.82, 2.24) is 0 Å². The van der Waals surface area contributed by atoms with Gasteiger partial charge in [-0.3, -0.25) is 9.63 Å². The number of aryl methyl sites for hydroxylation is 1. The molecule has 25 heavy (non-hydrogen) atoms. The van der Waals surface area contributed by atoms with Crippen molar-refractivity contribution in [2.45, 2.75) is 25.5 Å². The second-order valence-electron chi connectivity index (χ2n) is 6.16. The molecule has 1 saturated heterocycles. The molecule has 1 aromatic heterocycles. The van der Waals surface area contributed by atoms with Crippen molar-refractivity contribution < 1.29 is 9.25 Å². The first-order valence-electron chi connectivity index (χ1n) is 8.10. The third-order valence-electron chi connectivity index (χ3n) is 4.43. The summed E-state index contributed by atoms with van der Waals surface area (Å²) in [5.74, 6) is 0. The summed E-state index contributed by atoms with van der Waals surface area (Å²) in [7, 11) is 0. The van der Waals surface area contributed by atoms with Gasteiger partial charge in [0.2, 0.25) is 0 Å². The molecular formula is C20H16N2O3. The molecule has 2 atom stereocenters. The smallest absolute Gasteiger partial charge is 0.198 e. The van der Waals surface area contributed by atoms with Crippen LogP contribution in [-0.2, 0) is 4.84 Å². The first-order valence-corrected chi connectivity index (χ1v) is 8.10. The maximum absolute atomic E-state index is 13.0. The number of hydrogen-bond acceptors (Lipinski definition) is 5. The largest absolute Gasteiger partial charge is 0.464 e. The third kappa shape index (κ3) is 2.67. The highest BCUT2D eigenvalue weighted by Crippen LogP contribution is 2.37. The van der Waals surface area contributed by atoms with E-state index in [1.165, 1.54) is 6.26 Å². The maximum Gasteiger partial charge on any atom is 0.198 e. The molecule has 0 saturated carbocycles. The molecule has 5 nitrogen and oxygen atoms in total. The number of hydrogen-bond donors (Lipinski definition) is 0. The summed E-state index contributed by atoms with van der Waals surface area (Å²) in [6, 6.07) is 16.8. The fraction of sp³-hybridized carbons (Fsp3) is 0.200. The van der Waals surface area contributed by atoms with Crippen LogP contribution in [0.2, 0.25) is 0 Å². The van der Waals surface area contributed by atoms with Crippen LogP contribution in [0.25, 0.3) is 11.0 Å². The van der Waals surface area contributed by atoms with Gasteiger partial charge in [-0.1, -0.05) is 29.8 Å². The Morgan fingerprint density at radius 2 is 2.00 bits per heavy atom. The van der Waals surface area contributed by atoms with E-state index < -0.39 is 6.10 Å². The quantitative estimate of drug-likeness (QED) is 0.712. The summed E-state index contributed by atoms with van der Waals surface area (Å²) in [6.45, 7) is 1.94. The Hall–Kier alpha value is -3.10. The SMILES string of the molecule is Cc1ccc2occ([C@@H]3C[C@@H](C#N)ON3c3ccccc3)c(=O)c2c1. The standard InChI is InChI=1S/C20H16N2O3/c1-13-7-8-19-16(9-13)20(23)17(12-24-19)18-10-15(11-21)25-22(18)14-5-3-2-4-6-14/h2-9,12,15,18H,10H2,1H3/t15-,18-/m0/s1. The van der Waals surface area contributed by atoms with Crippen LogP contribution in [0.4, 0.5) is 5.69 Å². The van der Waals surface area contributed by atoms with Crippen molar-refractivity contribution >= 4 is 16.7 Å². The van der Waals surface area contributed by atoms with Crippen molar-refractivity contribution in [2.24, 2.45) is 0 Å². The van der Waals surface area contributed by atoms with Gasteiger partial charge in [0.15, 0.2) is 11.5 Å². The van der Waals surface area contributed by atoms with E-state index in [0.717, 1.165) is 11.3 Å². The lowest BCUT2D eigenvalue weighted by Crippen LogP contribution is -2.26. The van der Waals surface area contributed by atoms with Crippen LogP contribution in [0.3, 0.4) is 0 Å². The average molecular weight is 332 g/mol. The Balaban J connectivity index is 1.84. The molecule has 1 aliphatic heterocycles. The predicted octanol–water partition coefficient (Wildman–Crippen LogP) is 3.88. The van der Waals surface area contributed by atoms with E-state index in [9.17, 15) is 10.1 Å². The number of fused-ring (bicyclic) bond motifs is 1. The highest BCUT2D eigenvalue weighted by Gasteiger charge is 2.37. The molecule has 2 heterocycles. The van der Waals surface area contributed by atoms with Gasteiger partial charge in [0.1, 0.15) is 11.8 Å². The van der Waals surface area contributed by atoms with E-state index in [0.29, 0.717) is 23.0 Å².